The first-order valence-corrected chi connectivity index (χ1v) is 12.1. The van der Waals surface area contributed by atoms with Crippen LogP contribution in [0.2, 0.25) is 0 Å². The van der Waals surface area contributed by atoms with Gasteiger partial charge in [0.2, 0.25) is 5.91 Å². The topological polar surface area (TPSA) is 114 Å². The molecule has 0 saturated heterocycles. The zero-order valence-electron chi connectivity index (χ0n) is 20.9. The zero-order valence-corrected chi connectivity index (χ0v) is 20.9. The number of ether oxygens (including phenoxy) is 2. The number of nitrogens with one attached hydrogen (secondary N) is 2. The van der Waals surface area contributed by atoms with E-state index in [-0.39, 0.29) is 31.5 Å². The molecular formula is C28H34N2O6. The van der Waals surface area contributed by atoms with E-state index < -0.39 is 36.2 Å². The quantitative estimate of drug-likeness (QED) is 0.325. The molecule has 0 aliphatic heterocycles. The summed E-state index contributed by atoms with van der Waals surface area (Å²) in [7, 11) is 0. The summed E-state index contributed by atoms with van der Waals surface area (Å²) in [5.41, 5.74) is 4.44. The smallest absolute Gasteiger partial charge is 0.407 e. The Morgan fingerprint density at radius 2 is 1.56 bits per heavy atom. The average Bonchev–Trinajstić information content (AvgIpc) is 3.17. The molecule has 3 rings (SSSR count). The molecule has 0 saturated carbocycles. The van der Waals surface area contributed by atoms with E-state index in [1.165, 1.54) is 13.0 Å². The van der Waals surface area contributed by atoms with Crippen molar-refractivity contribution in [3.63, 3.8) is 0 Å². The molecule has 0 unspecified atom stereocenters. The van der Waals surface area contributed by atoms with Gasteiger partial charge in [0.05, 0.1) is 18.6 Å². The zero-order chi connectivity index (χ0) is 26.2. The highest BCUT2D eigenvalue weighted by Crippen LogP contribution is 2.44. The van der Waals surface area contributed by atoms with Crippen molar-refractivity contribution in [2.45, 2.75) is 51.3 Å². The molecule has 0 fully saturated rings. The van der Waals surface area contributed by atoms with E-state index >= 15 is 0 Å². The molecule has 1 aliphatic rings. The van der Waals surface area contributed by atoms with Crippen molar-refractivity contribution in [1.82, 2.24) is 10.6 Å². The largest absolute Gasteiger partial charge is 0.461 e. The summed E-state index contributed by atoms with van der Waals surface area (Å²) in [4.78, 5) is 37.1. The molecule has 3 N–H and O–H groups in total. The Bertz CT molecular complexity index is 1050. The van der Waals surface area contributed by atoms with Gasteiger partial charge in [-0.3, -0.25) is 9.59 Å². The van der Waals surface area contributed by atoms with Crippen LogP contribution in [0.5, 0.6) is 0 Å². The molecule has 0 spiro atoms. The molecule has 2 aromatic carbocycles. The van der Waals surface area contributed by atoms with Gasteiger partial charge in [0.15, 0.2) is 0 Å². The maximum Gasteiger partial charge on any atom is 0.407 e. The Balaban J connectivity index is 1.54. The molecule has 8 heteroatoms. The number of hydrogen-bond donors (Lipinski definition) is 3. The molecule has 0 aromatic heterocycles. The van der Waals surface area contributed by atoms with Crippen molar-refractivity contribution >= 4 is 18.0 Å². The predicted octanol–water partition coefficient (Wildman–Crippen LogP) is 3.53. The summed E-state index contributed by atoms with van der Waals surface area (Å²) in [5.74, 6) is -1.35. The van der Waals surface area contributed by atoms with Crippen LogP contribution in [0.15, 0.2) is 61.2 Å². The highest BCUT2D eigenvalue weighted by atomic mass is 16.5. The molecule has 3 atom stereocenters. The third kappa shape index (κ3) is 6.51. The second-order valence-electron chi connectivity index (χ2n) is 9.21. The number of esters is 1. The van der Waals surface area contributed by atoms with Crippen LogP contribution in [-0.4, -0.2) is 54.5 Å². The summed E-state index contributed by atoms with van der Waals surface area (Å²) < 4.78 is 10.4. The summed E-state index contributed by atoms with van der Waals surface area (Å²) in [6, 6.07) is 14.4. The molecule has 8 nitrogen and oxygen atoms in total. The molecule has 192 valence electrons. The van der Waals surface area contributed by atoms with Gasteiger partial charge in [0.1, 0.15) is 19.3 Å². The molecule has 0 bridgehead atoms. The lowest BCUT2D eigenvalue weighted by Gasteiger charge is -2.28. The van der Waals surface area contributed by atoms with E-state index in [1.807, 2.05) is 50.2 Å². The number of rotatable bonds is 11. The van der Waals surface area contributed by atoms with E-state index in [9.17, 15) is 19.5 Å². The Morgan fingerprint density at radius 1 is 0.972 bits per heavy atom. The number of carbonyl (C=O) groups is 3. The minimum Gasteiger partial charge on any atom is -0.461 e. The van der Waals surface area contributed by atoms with Crippen molar-refractivity contribution in [2.75, 3.05) is 13.2 Å². The van der Waals surface area contributed by atoms with E-state index in [0.717, 1.165) is 22.3 Å². The second-order valence-corrected chi connectivity index (χ2v) is 9.21. The second kappa shape index (κ2) is 12.4. The van der Waals surface area contributed by atoms with Gasteiger partial charge in [-0.1, -0.05) is 75.0 Å². The van der Waals surface area contributed by atoms with Crippen LogP contribution in [0.1, 0.15) is 44.2 Å². The normalized spacial score (nSPS) is 14.7. The van der Waals surface area contributed by atoms with E-state index in [2.05, 4.69) is 29.3 Å². The number of fused-ring (bicyclic) bond motifs is 3. The number of aliphatic hydroxyl groups excluding tert-OH is 1. The van der Waals surface area contributed by atoms with E-state index in [0.29, 0.717) is 0 Å². The predicted molar refractivity (Wildman–Crippen MR) is 136 cm³/mol. The number of amides is 2. The number of benzene rings is 2. The van der Waals surface area contributed by atoms with Gasteiger partial charge in [-0.05, 0) is 35.1 Å². The lowest BCUT2D eigenvalue weighted by Crippen LogP contribution is -2.53. The van der Waals surface area contributed by atoms with Crippen molar-refractivity contribution < 1.29 is 29.0 Å². The molecule has 2 amide bonds. The minimum absolute atomic E-state index is 0.0470. The standard InChI is InChI=1S/C28H34N2O6/c1-5-14-35-25(32)15-24(31)26(17(2)3)30-27(33)18(4)29-28(34)36-16-23-21-12-8-6-10-19(21)20-11-7-9-13-22(20)23/h5-13,17-18,23-24,26,31H,1,14-16H2,2-4H3,(H,29,34)(H,30,33)/t18-,24+,26-/m1/s1. The Kier molecular flexibility index (Phi) is 9.25. The Morgan fingerprint density at radius 3 is 2.11 bits per heavy atom. The summed E-state index contributed by atoms with van der Waals surface area (Å²) in [5, 5.41) is 15.7. The van der Waals surface area contributed by atoms with Crippen LogP contribution < -0.4 is 10.6 Å². The maximum atomic E-state index is 12.7. The van der Waals surface area contributed by atoms with Crippen LogP contribution in [0.3, 0.4) is 0 Å². The van der Waals surface area contributed by atoms with Crippen molar-refractivity contribution in [1.29, 1.82) is 0 Å². The third-order valence-electron chi connectivity index (χ3n) is 6.25. The van der Waals surface area contributed by atoms with Gasteiger partial charge in [-0.15, -0.1) is 0 Å². The molecule has 1 aliphatic carbocycles. The van der Waals surface area contributed by atoms with E-state index in [4.69, 9.17) is 9.47 Å². The molecule has 2 aromatic rings. The van der Waals surface area contributed by atoms with Gasteiger partial charge in [-0.25, -0.2) is 4.79 Å². The fourth-order valence-corrected chi connectivity index (χ4v) is 4.39. The Labute approximate surface area is 211 Å². The van der Waals surface area contributed by atoms with Gasteiger partial charge in [-0.2, -0.15) is 0 Å². The maximum absolute atomic E-state index is 12.7. The fraction of sp³-hybridized carbons (Fsp3) is 0.393. The van der Waals surface area contributed by atoms with Gasteiger partial charge in [0, 0.05) is 5.92 Å². The number of alkyl carbamates (subject to hydrolysis) is 1. The summed E-state index contributed by atoms with van der Waals surface area (Å²) in [6.45, 7) is 8.80. The first-order valence-electron chi connectivity index (χ1n) is 12.1. The number of hydrogen-bond acceptors (Lipinski definition) is 6. The SMILES string of the molecule is C=CCOC(=O)C[C@H](O)[C@H](NC(=O)[C@@H](C)NC(=O)OCC1c2ccccc2-c2ccccc21)C(C)C. The average molecular weight is 495 g/mol. The number of carbonyl (C=O) groups excluding carboxylic acids is 3. The van der Waals surface area contributed by atoms with Gasteiger partial charge in [0.25, 0.3) is 0 Å². The highest BCUT2D eigenvalue weighted by Gasteiger charge is 2.31. The minimum atomic E-state index is -1.15. The Hall–Kier alpha value is -3.65. The molecule has 36 heavy (non-hydrogen) atoms. The van der Waals surface area contributed by atoms with Crippen LogP contribution in [0, 0.1) is 5.92 Å². The van der Waals surface area contributed by atoms with E-state index in [1.54, 1.807) is 0 Å². The van der Waals surface area contributed by atoms with Crippen LogP contribution in [-0.2, 0) is 19.1 Å². The highest BCUT2D eigenvalue weighted by molar-refractivity contribution is 5.85. The first kappa shape index (κ1) is 26.9. The summed E-state index contributed by atoms with van der Waals surface area (Å²) >= 11 is 0. The number of aliphatic hydroxyl groups is 1. The molecule has 0 heterocycles. The van der Waals surface area contributed by atoms with Crippen molar-refractivity contribution in [3.05, 3.63) is 72.3 Å². The monoisotopic (exact) mass is 494 g/mol. The van der Waals surface area contributed by atoms with Gasteiger partial charge < -0.3 is 25.2 Å². The molecule has 0 radical (unpaired) electrons. The lowest BCUT2D eigenvalue weighted by atomic mass is 9.96. The van der Waals surface area contributed by atoms with Crippen molar-refractivity contribution in [2.24, 2.45) is 5.92 Å². The van der Waals surface area contributed by atoms with Crippen LogP contribution in [0.25, 0.3) is 11.1 Å². The van der Waals surface area contributed by atoms with Crippen LogP contribution >= 0.6 is 0 Å². The third-order valence-corrected chi connectivity index (χ3v) is 6.25. The first-order chi connectivity index (χ1) is 17.2. The summed E-state index contributed by atoms with van der Waals surface area (Å²) in [6.07, 6.45) is -0.699. The van der Waals surface area contributed by atoms with Crippen molar-refractivity contribution in [3.8, 4) is 11.1 Å². The molecular weight excluding hydrogens is 460 g/mol. The lowest BCUT2D eigenvalue weighted by molar-refractivity contribution is -0.145. The van der Waals surface area contributed by atoms with Crippen LogP contribution in [0.4, 0.5) is 4.79 Å². The fourth-order valence-electron chi connectivity index (χ4n) is 4.39. The van der Waals surface area contributed by atoms with Gasteiger partial charge >= 0.3 is 12.1 Å².